The fraction of sp³-hybridized carbons (Fsp3) is 0.643. The first-order chi connectivity index (χ1) is 9.47. The maximum atomic E-state index is 12.1. The molecule has 21 heavy (non-hydrogen) atoms. The maximum absolute atomic E-state index is 12.1. The van der Waals surface area contributed by atoms with Crippen LogP contribution >= 0.6 is 11.3 Å². The molecule has 0 aliphatic carbocycles. The minimum atomic E-state index is -1.09. The highest BCUT2D eigenvalue weighted by atomic mass is 32.1. The van der Waals surface area contributed by atoms with E-state index in [9.17, 15) is 14.7 Å². The average molecular weight is 313 g/mol. The zero-order chi connectivity index (χ0) is 16.4. The van der Waals surface area contributed by atoms with Gasteiger partial charge >= 0.3 is 12.0 Å². The van der Waals surface area contributed by atoms with E-state index in [1.54, 1.807) is 33.9 Å². The summed E-state index contributed by atoms with van der Waals surface area (Å²) in [5.41, 5.74) is -1.99. The molecule has 1 aromatic heterocycles. The second kappa shape index (κ2) is 6.01. The van der Waals surface area contributed by atoms with Crippen molar-refractivity contribution in [2.75, 3.05) is 0 Å². The lowest BCUT2D eigenvalue weighted by Gasteiger charge is -2.38. The number of aliphatic carboxylic acids is 1. The van der Waals surface area contributed by atoms with Gasteiger partial charge in [-0.25, -0.2) is 9.78 Å². The first-order valence-electron chi connectivity index (χ1n) is 6.72. The Morgan fingerprint density at radius 3 is 2.33 bits per heavy atom. The number of thiazole rings is 1. The highest BCUT2D eigenvalue weighted by molar-refractivity contribution is 7.11. The van der Waals surface area contributed by atoms with Crippen LogP contribution in [0.4, 0.5) is 4.79 Å². The number of amides is 2. The Hall–Kier alpha value is -1.63. The normalized spacial score (nSPS) is 13.6. The number of rotatable bonds is 5. The van der Waals surface area contributed by atoms with Gasteiger partial charge in [-0.1, -0.05) is 0 Å². The number of carboxylic acid groups (broad SMARTS) is 1. The summed E-state index contributed by atoms with van der Waals surface area (Å²) in [7, 11) is 0. The summed E-state index contributed by atoms with van der Waals surface area (Å²) in [6.45, 7) is 10.4. The van der Waals surface area contributed by atoms with Crippen LogP contribution in [0.25, 0.3) is 0 Å². The van der Waals surface area contributed by atoms with E-state index >= 15 is 0 Å². The molecule has 118 valence electrons. The van der Waals surface area contributed by atoms with Crippen LogP contribution in [0.1, 0.15) is 50.5 Å². The van der Waals surface area contributed by atoms with Crippen LogP contribution in [-0.2, 0) is 4.79 Å². The van der Waals surface area contributed by atoms with Gasteiger partial charge < -0.3 is 15.7 Å². The summed E-state index contributed by atoms with van der Waals surface area (Å²) >= 11 is 1.52. The molecule has 0 radical (unpaired) electrons. The van der Waals surface area contributed by atoms with Gasteiger partial charge in [0.1, 0.15) is 5.01 Å². The average Bonchev–Trinajstić information content (AvgIpc) is 2.74. The molecular formula is C14H23N3O3S. The number of carbonyl (C=O) groups excluding carboxylic acids is 1. The second-order valence-electron chi connectivity index (χ2n) is 6.18. The first-order valence-corrected chi connectivity index (χ1v) is 7.53. The van der Waals surface area contributed by atoms with E-state index in [-0.39, 0.29) is 6.04 Å². The molecule has 1 atom stereocenters. The summed E-state index contributed by atoms with van der Waals surface area (Å²) in [4.78, 5) is 28.7. The van der Waals surface area contributed by atoms with Crippen LogP contribution in [0.2, 0.25) is 0 Å². The van der Waals surface area contributed by atoms with Gasteiger partial charge in [-0.05, 0) is 41.5 Å². The lowest BCUT2D eigenvalue weighted by molar-refractivity contribution is -0.150. The Kier molecular flexibility index (Phi) is 4.99. The van der Waals surface area contributed by atoms with Crippen molar-refractivity contribution in [3.63, 3.8) is 0 Å². The number of nitrogens with one attached hydrogen (secondary N) is 2. The van der Waals surface area contributed by atoms with Crippen molar-refractivity contribution in [3.05, 3.63) is 16.1 Å². The van der Waals surface area contributed by atoms with E-state index in [0.717, 1.165) is 9.88 Å². The molecule has 0 spiro atoms. The molecule has 7 heteroatoms. The minimum absolute atomic E-state index is 0.229. The summed E-state index contributed by atoms with van der Waals surface area (Å²) in [5.74, 6) is -0.962. The van der Waals surface area contributed by atoms with Crippen LogP contribution in [0, 0.1) is 12.3 Å². The molecule has 1 aromatic rings. The fourth-order valence-electron chi connectivity index (χ4n) is 1.57. The molecule has 0 saturated heterocycles. The first kappa shape index (κ1) is 17.4. The van der Waals surface area contributed by atoms with Crippen molar-refractivity contribution in [3.8, 4) is 0 Å². The molecule has 6 nitrogen and oxygen atoms in total. The van der Waals surface area contributed by atoms with E-state index < -0.39 is 23.0 Å². The Balaban J connectivity index is 2.71. The third-order valence-corrected chi connectivity index (χ3v) is 4.98. The van der Waals surface area contributed by atoms with Gasteiger partial charge in [0.05, 0.1) is 17.0 Å². The molecule has 0 saturated carbocycles. The molecule has 3 N–H and O–H groups in total. The van der Waals surface area contributed by atoms with Crippen molar-refractivity contribution in [2.24, 2.45) is 5.41 Å². The van der Waals surface area contributed by atoms with Crippen LogP contribution in [0.15, 0.2) is 6.20 Å². The highest BCUT2D eigenvalue weighted by Crippen LogP contribution is 2.30. The fourth-order valence-corrected chi connectivity index (χ4v) is 2.35. The van der Waals surface area contributed by atoms with E-state index in [2.05, 4.69) is 15.6 Å². The summed E-state index contributed by atoms with van der Waals surface area (Å²) in [6, 6.07) is -0.637. The molecule has 0 bridgehead atoms. The summed E-state index contributed by atoms with van der Waals surface area (Å²) in [5, 5.41) is 15.6. The number of carboxylic acids is 1. The number of aromatic nitrogens is 1. The van der Waals surface area contributed by atoms with Gasteiger partial charge in [-0.3, -0.25) is 4.79 Å². The van der Waals surface area contributed by atoms with Gasteiger partial charge in [-0.2, -0.15) is 0 Å². The zero-order valence-corrected chi connectivity index (χ0v) is 14.1. The third kappa shape index (κ3) is 3.93. The topological polar surface area (TPSA) is 91.3 Å². The highest BCUT2D eigenvalue weighted by Gasteiger charge is 2.44. The standard InChI is InChI=1S/C14H23N3O3S/c1-8-7-15-10(21-8)9(2)16-12(20)17-14(5,6)13(3,4)11(18)19/h7,9H,1-6H3,(H,18,19)(H2,16,17,20). The van der Waals surface area contributed by atoms with Gasteiger partial charge in [0.15, 0.2) is 0 Å². The van der Waals surface area contributed by atoms with Crippen LogP contribution in [0.3, 0.4) is 0 Å². The minimum Gasteiger partial charge on any atom is -0.481 e. The number of urea groups is 1. The zero-order valence-electron chi connectivity index (χ0n) is 13.3. The molecular weight excluding hydrogens is 290 g/mol. The van der Waals surface area contributed by atoms with Crippen LogP contribution < -0.4 is 10.6 Å². The largest absolute Gasteiger partial charge is 0.481 e. The molecule has 0 aromatic carbocycles. The Bertz CT molecular complexity index is 537. The SMILES string of the molecule is Cc1cnc(C(C)NC(=O)NC(C)(C)C(C)(C)C(=O)O)s1. The number of hydrogen-bond acceptors (Lipinski definition) is 4. The molecule has 1 rings (SSSR count). The molecule has 0 fully saturated rings. The quantitative estimate of drug-likeness (QED) is 0.779. The van der Waals surface area contributed by atoms with Gasteiger partial charge in [-0.15, -0.1) is 11.3 Å². The molecule has 0 aliphatic rings. The van der Waals surface area contributed by atoms with E-state index in [1.165, 1.54) is 11.3 Å². The summed E-state index contributed by atoms with van der Waals surface area (Å²) < 4.78 is 0. The van der Waals surface area contributed by atoms with Gasteiger partial charge in [0, 0.05) is 11.1 Å². The monoisotopic (exact) mass is 313 g/mol. The van der Waals surface area contributed by atoms with Crippen LogP contribution in [-0.4, -0.2) is 27.6 Å². The number of nitrogens with zero attached hydrogens (tertiary/aromatic N) is 1. The van der Waals surface area contributed by atoms with E-state index in [0.29, 0.717) is 0 Å². The number of carbonyl (C=O) groups is 2. The number of hydrogen-bond donors (Lipinski definition) is 3. The Morgan fingerprint density at radius 1 is 1.33 bits per heavy atom. The van der Waals surface area contributed by atoms with Crippen molar-refractivity contribution in [1.29, 1.82) is 0 Å². The molecule has 1 heterocycles. The predicted octanol–water partition coefficient (Wildman–Crippen LogP) is 2.70. The van der Waals surface area contributed by atoms with E-state index in [1.807, 2.05) is 13.8 Å². The van der Waals surface area contributed by atoms with E-state index in [4.69, 9.17) is 0 Å². The third-order valence-electron chi connectivity index (χ3n) is 3.88. The summed E-state index contributed by atoms with van der Waals surface area (Å²) in [6.07, 6.45) is 1.76. The van der Waals surface area contributed by atoms with Crippen LogP contribution in [0.5, 0.6) is 0 Å². The van der Waals surface area contributed by atoms with Crippen molar-refractivity contribution < 1.29 is 14.7 Å². The second-order valence-corrected chi connectivity index (χ2v) is 7.45. The molecule has 1 unspecified atom stereocenters. The maximum Gasteiger partial charge on any atom is 0.315 e. The van der Waals surface area contributed by atoms with Gasteiger partial charge in [0.25, 0.3) is 0 Å². The molecule has 0 aliphatic heterocycles. The smallest absolute Gasteiger partial charge is 0.315 e. The predicted molar refractivity (Wildman–Crippen MR) is 82.4 cm³/mol. The van der Waals surface area contributed by atoms with Gasteiger partial charge in [0.2, 0.25) is 0 Å². The van der Waals surface area contributed by atoms with Crippen molar-refractivity contribution >= 4 is 23.3 Å². The Labute approximate surface area is 129 Å². The van der Waals surface area contributed by atoms with Crippen molar-refractivity contribution in [1.82, 2.24) is 15.6 Å². The number of aryl methyl sites for hydroxylation is 1. The lowest BCUT2D eigenvalue weighted by atomic mass is 9.74. The molecule has 2 amide bonds. The lowest BCUT2D eigenvalue weighted by Crippen LogP contribution is -2.59. The van der Waals surface area contributed by atoms with Crippen molar-refractivity contribution in [2.45, 2.75) is 53.1 Å². The Morgan fingerprint density at radius 2 is 1.90 bits per heavy atom.